The lowest BCUT2D eigenvalue weighted by atomic mass is 9.97. The van der Waals surface area contributed by atoms with Gasteiger partial charge < -0.3 is 25.2 Å². The van der Waals surface area contributed by atoms with E-state index in [0.29, 0.717) is 24.4 Å². The van der Waals surface area contributed by atoms with E-state index in [4.69, 9.17) is 9.47 Å². The topological polar surface area (TPSA) is 123 Å². The highest BCUT2D eigenvalue weighted by Gasteiger charge is 2.31. The predicted molar refractivity (Wildman–Crippen MR) is 122 cm³/mol. The number of urea groups is 1. The predicted octanol–water partition coefficient (Wildman–Crippen LogP) is 2.47. The van der Waals surface area contributed by atoms with Crippen molar-refractivity contribution in [2.45, 2.75) is 44.1 Å². The van der Waals surface area contributed by atoms with Crippen molar-refractivity contribution in [2.75, 3.05) is 19.0 Å². The van der Waals surface area contributed by atoms with Gasteiger partial charge in [-0.25, -0.2) is 4.79 Å². The summed E-state index contributed by atoms with van der Waals surface area (Å²) in [5.74, 6) is 0.715. The third kappa shape index (κ3) is 6.05. The van der Waals surface area contributed by atoms with E-state index < -0.39 is 6.10 Å². The van der Waals surface area contributed by atoms with E-state index in [0.717, 1.165) is 24.2 Å². The second-order valence-electron chi connectivity index (χ2n) is 7.86. The van der Waals surface area contributed by atoms with Crippen LogP contribution in [0.1, 0.15) is 19.3 Å². The highest BCUT2D eigenvalue weighted by Crippen LogP contribution is 2.23. The van der Waals surface area contributed by atoms with Crippen molar-refractivity contribution in [1.82, 2.24) is 25.3 Å². The Labute approximate surface area is 191 Å². The summed E-state index contributed by atoms with van der Waals surface area (Å²) in [6.45, 7) is 0.468. The second-order valence-corrected chi connectivity index (χ2v) is 7.86. The van der Waals surface area contributed by atoms with Crippen LogP contribution in [-0.2, 0) is 11.3 Å². The van der Waals surface area contributed by atoms with Gasteiger partial charge in [-0.15, -0.1) is 5.10 Å². The first-order chi connectivity index (χ1) is 16.1. The number of aliphatic hydroxyl groups is 1. The van der Waals surface area contributed by atoms with Crippen LogP contribution in [0.3, 0.4) is 0 Å². The zero-order chi connectivity index (χ0) is 23.0. The van der Waals surface area contributed by atoms with Crippen LogP contribution in [0.5, 0.6) is 5.75 Å². The van der Waals surface area contributed by atoms with E-state index in [1.807, 2.05) is 24.4 Å². The van der Waals surface area contributed by atoms with Gasteiger partial charge in [-0.05, 0) is 55.7 Å². The van der Waals surface area contributed by atoms with E-state index in [2.05, 4.69) is 25.9 Å². The van der Waals surface area contributed by atoms with Gasteiger partial charge >= 0.3 is 6.03 Å². The van der Waals surface area contributed by atoms with Crippen molar-refractivity contribution in [3.8, 4) is 17.1 Å². The van der Waals surface area contributed by atoms with Gasteiger partial charge in [-0.2, -0.15) is 0 Å². The number of amides is 2. The molecule has 4 rings (SSSR count). The quantitative estimate of drug-likeness (QED) is 0.480. The van der Waals surface area contributed by atoms with Gasteiger partial charge in [-0.1, -0.05) is 11.3 Å². The summed E-state index contributed by atoms with van der Waals surface area (Å²) in [7, 11) is 1.59. The lowest BCUT2D eigenvalue weighted by Crippen LogP contribution is -2.52. The number of aliphatic hydroxyl groups excluding tert-OH is 1. The molecule has 3 atom stereocenters. The smallest absolute Gasteiger partial charge is 0.319 e. The molecule has 1 saturated heterocycles. The molecule has 10 nitrogen and oxygen atoms in total. The Bertz CT molecular complexity index is 1030. The Morgan fingerprint density at radius 1 is 1.21 bits per heavy atom. The van der Waals surface area contributed by atoms with Gasteiger partial charge in [0.2, 0.25) is 0 Å². The summed E-state index contributed by atoms with van der Waals surface area (Å²) in [5.41, 5.74) is 2.15. The largest absolute Gasteiger partial charge is 0.497 e. The molecule has 0 bridgehead atoms. The van der Waals surface area contributed by atoms with Crippen LogP contribution in [0.25, 0.3) is 11.4 Å². The van der Waals surface area contributed by atoms with Crippen LogP contribution in [0.15, 0.2) is 54.9 Å². The molecule has 1 aliphatic heterocycles. The standard InChI is InChI=1S/C23H28N6O4/c1-32-17-7-5-16(6-8-17)25-23(31)26-20-10-9-18(33-22(20)15-30)11-13-29-14-21(27-28-29)19-4-2-3-12-24-19/h2-8,12,14,18,20,22,30H,9-11,13,15H2,1H3,(H2,25,26,31)/t18-,20-,22+/m0/s1. The Hall–Kier alpha value is -3.50. The van der Waals surface area contributed by atoms with Gasteiger partial charge in [0.25, 0.3) is 0 Å². The zero-order valence-corrected chi connectivity index (χ0v) is 18.4. The van der Waals surface area contributed by atoms with Gasteiger partial charge in [0.05, 0.1) is 37.8 Å². The van der Waals surface area contributed by atoms with E-state index in [-0.39, 0.29) is 24.8 Å². The van der Waals surface area contributed by atoms with E-state index >= 15 is 0 Å². The number of methoxy groups -OCH3 is 1. The summed E-state index contributed by atoms with van der Waals surface area (Å²) < 4.78 is 13.0. The van der Waals surface area contributed by atoms with E-state index in [1.54, 1.807) is 42.3 Å². The SMILES string of the molecule is COc1ccc(NC(=O)N[C@H]2CC[C@@H](CCn3cc(-c4ccccn4)nn3)O[C@@H]2CO)cc1. The molecule has 0 radical (unpaired) electrons. The molecule has 1 aromatic carbocycles. The zero-order valence-electron chi connectivity index (χ0n) is 18.4. The van der Waals surface area contributed by atoms with Crippen LogP contribution < -0.4 is 15.4 Å². The molecule has 2 amide bonds. The minimum Gasteiger partial charge on any atom is -0.497 e. The number of nitrogens with one attached hydrogen (secondary N) is 2. The number of hydrogen-bond donors (Lipinski definition) is 3. The van der Waals surface area contributed by atoms with Gasteiger partial charge in [0.1, 0.15) is 17.5 Å². The summed E-state index contributed by atoms with van der Waals surface area (Å²) in [4.78, 5) is 16.7. The maximum Gasteiger partial charge on any atom is 0.319 e. The molecular weight excluding hydrogens is 424 g/mol. The average molecular weight is 453 g/mol. The third-order valence-electron chi connectivity index (χ3n) is 5.61. The van der Waals surface area contributed by atoms with Crippen molar-refractivity contribution in [1.29, 1.82) is 0 Å². The van der Waals surface area contributed by atoms with E-state index in [9.17, 15) is 9.90 Å². The number of carbonyl (C=O) groups is 1. The lowest BCUT2D eigenvalue weighted by molar-refractivity contribution is -0.0905. The number of ether oxygens (including phenoxy) is 2. The van der Waals surface area contributed by atoms with Gasteiger partial charge in [0, 0.05) is 18.4 Å². The molecule has 10 heteroatoms. The molecule has 1 fully saturated rings. The van der Waals surface area contributed by atoms with Crippen LogP contribution in [0.2, 0.25) is 0 Å². The minimum absolute atomic E-state index is 0.0349. The number of aromatic nitrogens is 4. The lowest BCUT2D eigenvalue weighted by Gasteiger charge is -2.36. The van der Waals surface area contributed by atoms with Crippen molar-refractivity contribution in [3.63, 3.8) is 0 Å². The molecule has 2 aromatic heterocycles. The Morgan fingerprint density at radius 3 is 2.79 bits per heavy atom. The number of benzene rings is 1. The molecule has 0 saturated carbocycles. The molecule has 3 aromatic rings. The minimum atomic E-state index is -0.467. The first kappa shape index (κ1) is 22.7. The van der Waals surface area contributed by atoms with Crippen molar-refractivity contribution in [2.24, 2.45) is 0 Å². The fraction of sp³-hybridized carbons (Fsp3) is 0.391. The first-order valence-electron chi connectivity index (χ1n) is 10.9. The van der Waals surface area contributed by atoms with Crippen LogP contribution >= 0.6 is 0 Å². The van der Waals surface area contributed by atoms with Gasteiger partial charge in [-0.3, -0.25) is 9.67 Å². The average Bonchev–Trinajstić information content (AvgIpc) is 3.33. The molecule has 3 heterocycles. The van der Waals surface area contributed by atoms with Crippen LogP contribution in [0.4, 0.5) is 10.5 Å². The maximum atomic E-state index is 12.4. The van der Waals surface area contributed by atoms with Crippen molar-refractivity contribution >= 4 is 11.7 Å². The molecule has 3 N–H and O–H groups in total. The Kier molecular flexibility index (Phi) is 7.48. The Balaban J connectivity index is 1.25. The first-order valence-corrected chi connectivity index (χ1v) is 10.9. The van der Waals surface area contributed by atoms with Crippen molar-refractivity contribution in [3.05, 3.63) is 54.9 Å². The molecule has 1 aliphatic rings. The van der Waals surface area contributed by atoms with Crippen molar-refractivity contribution < 1.29 is 19.4 Å². The number of hydrogen-bond acceptors (Lipinski definition) is 7. The summed E-state index contributed by atoms with van der Waals surface area (Å²) in [6.07, 6.45) is 5.29. The van der Waals surface area contributed by atoms with Crippen LogP contribution in [-0.4, -0.2) is 63.1 Å². The maximum absolute atomic E-state index is 12.4. The fourth-order valence-electron chi connectivity index (χ4n) is 3.83. The number of anilines is 1. The number of rotatable bonds is 8. The highest BCUT2D eigenvalue weighted by atomic mass is 16.5. The normalized spacial score (nSPS) is 20.2. The van der Waals surface area contributed by atoms with E-state index in [1.165, 1.54) is 0 Å². The molecule has 0 unspecified atom stereocenters. The molecular formula is C23H28N6O4. The highest BCUT2D eigenvalue weighted by molar-refractivity contribution is 5.89. The second kappa shape index (κ2) is 10.9. The summed E-state index contributed by atoms with van der Waals surface area (Å²) >= 11 is 0. The number of pyridine rings is 1. The summed E-state index contributed by atoms with van der Waals surface area (Å²) in [6, 6.07) is 12.1. The number of nitrogens with zero attached hydrogens (tertiary/aromatic N) is 4. The fourth-order valence-corrected chi connectivity index (χ4v) is 3.83. The van der Waals surface area contributed by atoms with Crippen LogP contribution in [0, 0.1) is 0 Å². The number of carbonyl (C=O) groups excluding carboxylic acids is 1. The summed E-state index contributed by atoms with van der Waals surface area (Å²) in [5, 5.41) is 23.9. The van der Waals surface area contributed by atoms with Gasteiger partial charge in [0.15, 0.2) is 0 Å². The molecule has 174 valence electrons. The monoisotopic (exact) mass is 452 g/mol. The number of aryl methyl sites for hydroxylation is 1. The third-order valence-corrected chi connectivity index (χ3v) is 5.61. The molecule has 0 aliphatic carbocycles. The molecule has 0 spiro atoms. The molecule has 33 heavy (non-hydrogen) atoms. The Morgan fingerprint density at radius 2 is 2.06 bits per heavy atom.